The van der Waals surface area contributed by atoms with Crippen LogP contribution in [-0.4, -0.2) is 56.8 Å². The van der Waals surface area contributed by atoms with Crippen LogP contribution in [-0.2, 0) is 10.3 Å². The molecule has 0 spiro atoms. The maximum Gasteiger partial charge on any atom is 0.338 e. The molecule has 174 valence electrons. The minimum atomic E-state index is -0.809. The Balaban J connectivity index is 2.39. The second-order valence-electron chi connectivity index (χ2n) is 7.00. The Morgan fingerprint density at radius 3 is 2.03 bits per heavy atom. The third-order valence-electron chi connectivity index (χ3n) is 5.42. The fourth-order valence-corrected chi connectivity index (χ4v) is 4.14. The number of hydrogen-bond donors (Lipinski definition) is 0. The quantitative estimate of drug-likeness (QED) is 0.462. The summed E-state index contributed by atoms with van der Waals surface area (Å²) in [4.78, 5) is 27.5. The van der Waals surface area contributed by atoms with Crippen molar-refractivity contribution in [3.63, 3.8) is 0 Å². The van der Waals surface area contributed by atoms with E-state index in [1.807, 2.05) is 44.2 Å². The zero-order valence-electron chi connectivity index (χ0n) is 19.5. The third-order valence-corrected chi connectivity index (χ3v) is 6.23. The van der Waals surface area contributed by atoms with E-state index in [2.05, 4.69) is 0 Å². The van der Waals surface area contributed by atoms with E-state index in [9.17, 15) is 9.59 Å². The van der Waals surface area contributed by atoms with Crippen LogP contribution in [0.2, 0.25) is 0 Å². The fourth-order valence-electron chi connectivity index (χ4n) is 3.53. The first-order valence-electron chi connectivity index (χ1n) is 10.3. The summed E-state index contributed by atoms with van der Waals surface area (Å²) in [7, 11) is 6.20. The van der Waals surface area contributed by atoms with Crippen LogP contribution in [0.25, 0.3) is 0 Å². The summed E-state index contributed by atoms with van der Waals surface area (Å²) in [5, 5.41) is -0.0814. The molecule has 1 amide bonds. The molecule has 1 unspecified atom stereocenters. The summed E-state index contributed by atoms with van der Waals surface area (Å²) in [6.07, 6.45) is 0.562. The Morgan fingerprint density at radius 2 is 1.56 bits per heavy atom. The van der Waals surface area contributed by atoms with Gasteiger partial charge in [0.15, 0.2) is 11.5 Å². The van der Waals surface area contributed by atoms with Crippen LogP contribution in [0.4, 0.5) is 4.79 Å². The van der Waals surface area contributed by atoms with Gasteiger partial charge < -0.3 is 23.8 Å². The summed E-state index contributed by atoms with van der Waals surface area (Å²) < 4.78 is 21.7. The lowest BCUT2D eigenvalue weighted by molar-refractivity contribution is 0.0179. The predicted octanol–water partition coefficient (Wildman–Crippen LogP) is 4.98. The van der Waals surface area contributed by atoms with Crippen LogP contribution < -0.4 is 14.2 Å². The second kappa shape index (κ2) is 11.7. The number of hydrogen-bond acceptors (Lipinski definition) is 7. The van der Waals surface area contributed by atoms with Crippen LogP contribution >= 0.6 is 11.8 Å². The van der Waals surface area contributed by atoms with Crippen molar-refractivity contribution in [3.8, 4) is 17.2 Å². The zero-order chi connectivity index (χ0) is 23.7. The lowest BCUT2D eigenvalue weighted by atomic mass is 9.86. The largest absolute Gasteiger partial charge is 0.493 e. The predicted molar refractivity (Wildman–Crippen MR) is 126 cm³/mol. The number of rotatable bonds is 10. The first-order chi connectivity index (χ1) is 15.4. The number of esters is 1. The van der Waals surface area contributed by atoms with Crippen molar-refractivity contribution in [2.75, 3.05) is 40.7 Å². The Bertz CT molecular complexity index is 895. The topological polar surface area (TPSA) is 74.3 Å². The lowest BCUT2D eigenvalue weighted by Crippen LogP contribution is -2.49. The van der Waals surface area contributed by atoms with Gasteiger partial charge in [-0.3, -0.25) is 4.79 Å². The van der Waals surface area contributed by atoms with Gasteiger partial charge in [0.2, 0.25) is 5.75 Å². The SMILES string of the molecule is CCSC(=O)N(C)C(CC)(COC(=O)c1cc(OC)c(OC)c(OC)c1)c1ccccc1. The standard InChI is InChI=1S/C24H31NO6S/c1-7-24(18-12-10-9-11-13-18,25(3)23(27)32-8-2)16-31-22(26)17-14-19(28-4)21(30-6)20(15-17)29-5/h9-15H,7-8,16H2,1-6H3. The summed E-state index contributed by atoms with van der Waals surface area (Å²) in [6.45, 7) is 3.90. The van der Waals surface area contributed by atoms with Gasteiger partial charge in [-0.2, -0.15) is 0 Å². The van der Waals surface area contributed by atoms with E-state index in [4.69, 9.17) is 18.9 Å². The number of ether oxygens (including phenoxy) is 4. The lowest BCUT2D eigenvalue weighted by Gasteiger charge is -2.41. The first-order valence-corrected chi connectivity index (χ1v) is 11.3. The molecule has 0 aromatic heterocycles. The molecule has 0 saturated carbocycles. The van der Waals surface area contributed by atoms with E-state index in [0.29, 0.717) is 29.4 Å². The minimum absolute atomic E-state index is 0.00444. The van der Waals surface area contributed by atoms with E-state index in [1.165, 1.54) is 33.1 Å². The van der Waals surface area contributed by atoms with Gasteiger partial charge in [-0.25, -0.2) is 4.79 Å². The van der Waals surface area contributed by atoms with Gasteiger partial charge in [-0.15, -0.1) is 0 Å². The number of carbonyl (C=O) groups is 2. The van der Waals surface area contributed by atoms with E-state index in [0.717, 1.165) is 5.56 Å². The van der Waals surface area contributed by atoms with Crippen molar-refractivity contribution in [3.05, 3.63) is 53.6 Å². The first kappa shape index (κ1) is 25.4. The molecule has 0 bridgehead atoms. The van der Waals surface area contributed by atoms with Gasteiger partial charge in [0, 0.05) is 7.05 Å². The van der Waals surface area contributed by atoms with Crippen molar-refractivity contribution in [2.45, 2.75) is 25.8 Å². The van der Waals surface area contributed by atoms with Crippen LogP contribution in [0.1, 0.15) is 36.2 Å². The number of amides is 1. The minimum Gasteiger partial charge on any atom is -0.493 e. The number of methoxy groups -OCH3 is 3. The third kappa shape index (κ3) is 5.30. The molecule has 2 rings (SSSR count). The molecule has 0 fully saturated rings. The Morgan fingerprint density at radius 1 is 0.969 bits per heavy atom. The average Bonchev–Trinajstić information content (AvgIpc) is 2.84. The molecule has 1 atom stereocenters. The van der Waals surface area contributed by atoms with Gasteiger partial charge in [0.25, 0.3) is 5.24 Å². The van der Waals surface area contributed by atoms with Crippen molar-refractivity contribution < 1.29 is 28.5 Å². The van der Waals surface area contributed by atoms with Crippen LogP contribution in [0, 0.1) is 0 Å². The highest BCUT2D eigenvalue weighted by atomic mass is 32.2. The molecular weight excluding hydrogens is 430 g/mol. The van der Waals surface area contributed by atoms with Gasteiger partial charge in [0.1, 0.15) is 12.1 Å². The number of nitrogens with zero attached hydrogens (tertiary/aromatic N) is 1. The summed E-state index contributed by atoms with van der Waals surface area (Å²) >= 11 is 1.22. The molecule has 0 aliphatic carbocycles. The van der Waals surface area contributed by atoms with Gasteiger partial charge in [-0.1, -0.05) is 55.9 Å². The smallest absolute Gasteiger partial charge is 0.338 e. The highest BCUT2D eigenvalue weighted by Gasteiger charge is 2.39. The monoisotopic (exact) mass is 461 g/mol. The second-order valence-corrected chi connectivity index (χ2v) is 8.21. The van der Waals surface area contributed by atoms with Crippen molar-refractivity contribution in [1.82, 2.24) is 4.90 Å². The van der Waals surface area contributed by atoms with Crippen LogP contribution in [0.15, 0.2) is 42.5 Å². The zero-order valence-corrected chi connectivity index (χ0v) is 20.3. The van der Waals surface area contributed by atoms with E-state index >= 15 is 0 Å². The molecule has 2 aromatic rings. The van der Waals surface area contributed by atoms with Gasteiger partial charge in [-0.05, 0) is 29.9 Å². The maximum absolute atomic E-state index is 13.0. The van der Waals surface area contributed by atoms with Gasteiger partial charge in [0.05, 0.1) is 26.9 Å². The highest BCUT2D eigenvalue weighted by Crippen LogP contribution is 2.39. The van der Waals surface area contributed by atoms with Gasteiger partial charge >= 0.3 is 5.97 Å². The number of likely N-dealkylation sites (N-methyl/N-ethyl adjacent to an activating group) is 1. The maximum atomic E-state index is 13.0. The fraction of sp³-hybridized carbons (Fsp3) is 0.417. The summed E-state index contributed by atoms with van der Waals surface area (Å²) in [5.41, 5.74) is 0.346. The molecule has 2 aromatic carbocycles. The van der Waals surface area contributed by atoms with Crippen molar-refractivity contribution >= 4 is 23.0 Å². The molecular formula is C24H31NO6S. The van der Waals surface area contributed by atoms with E-state index < -0.39 is 11.5 Å². The van der Waals surface area contributed by atoms with Crippen molar-refractivity contribution in [1.29, 1.82) is 0 Å². The van der Waals surface area contributed by atoms with E-state index in [-0.39, 0.29) is 17.4 Å². The molecule has 0 radical (unpaired) electrons. The molecule has 0 N–H and O–H groups in total. The summed E-state index contributed by atoms with van der Waals surface area (Å²) in [5.74, 6) is 1.20. The number of thioether (sulfide) groups is 1. The molecule has 0 aliphatic heterocycles. The van der Waals surface area contributed by atoms with Crippen LogP contribution in [0.5, 0.6) is 17.2 Å². The molecule has 0 aliphatic rings. The molecule has 7 nitrogen and oxygen atoms in total. The normalized spacial score (nSPS) is 12.4. The Hall–Kier alpha value is -2.87. The average molecular weight is 462 g/mol. The molecule has 0 heterocycles. The summed E-state index contributed by atoms with van der Waals surface area (Å²) in [6, 6.07) is 12.7. The number of carbonyl (C=O) groups excluding carboxylic acids is 2. The van der Waals surface area contributed by atoms with Crippen molar-refractivity contribution in [2.24, 2.45) is 0 Å². The van der Waals surface area contributed by atoms with E-state index in [1.54, 1.807) is 24.1 Å². The molecule has 0 saturated heterocycles. The molecule has 32 heavy (non-hydrogen) atoms. The Labute approximate surface area is 194 Å². The Kier molecular flexibility index (Phi) is 9.26. The highest BCUT2D eigenvalue weighted by molar-refractivity contribution is 8.13. The van der Waals surface area contributed by atoms with Crippen LogP contribution in [0.3, 0.4) is 0 Å². The number of benzene rings is 2. The molecule has 8 heteroatoms.